The fourth-order valence-electron chi connectivity index (χ4n) is 3.09. The summed E-state index contributed by atoms with van der Waals surface area (Å²) in [7, 11) is 1.62. The van der Waals surface area contributed by atoms with Crippen LogP contribution in [0.1, 0.15) is 17.8 Å². The summed E-state index contributed by atoms with van der Waals surface area (Å²) in [5.41, 5.74) is 0. The Balaban J connectivity index is 1.52. The molecule has 2 aliphatic rings. The van der Waals surface area contributed by atoms with Gasteiger partial charge >= 0.3 is 0 Å². The predicted octanol–water partition coefficient (Wildman–Crippen LogP) is 0.637. The summed E-state index contributed by atoms with van der Waals surface area (Å²) < 4.78 is 10.9. The van der Waals surface area contributed by atoms with Gasteiger partial charge in [0.2, 0.25) is 5.91 Å². The number of fused-ring (bicyclic) bond motifs is 1. The molecule has 6 nitrogen and oxygen atoms in total. The third-order valence-corrected chi connectivity index (χ3v) is 4.88. The van der Waals surface area contributed by atoms with E-state index in [-0.39, 0.29) is 18.1 Å². The van der Waals surface area contributed by atoms with Crippen LogP contribution in [0.3, 0.4) is 0 Å². The predicted molar refractivity (Wildman–Crippen MR) is 79.1 cm³/mol. The highest BCUT2D eigenvalue weighted by atomic mass is 32.1. The van der Waals surface area contributed by atoms with Crippen molar-refractivity contribution in [2.75, 3.05) is 26.8 Å². The average molecular weight is 311 g/mol. The highest BCUT2D eigenvalue weighted by Gasteiger charge is 2.45. The quantitative estimate of drug-likeness (QED) is 0.781. The van der Waals surface area contributed by atoms with Crippen molar-refractivity contribution in [3.05, 3.63) is 16.6 Å². The zero-order chi connectivity index (χ0) is 14.7. The van der Waals surface area contributed by atoms with Gasteiger partial charge in [0.25, 0.3) is 0 Å². The standard InChI is InChI=1S/C14H21N3O3S/c1-19-6-3-16-14(18)12-8-10-11(20-12)2-5-17(10)9-13-15-4-7-21-13/h4,7,10-12H,2-3,5-6,8-9H2,1H3,(H,16,18)/t10-,11-,12+/m1/s1. The molecule has 116 valence electrons. The third kappa shape index (κ3) is 3.42. The zero-order valence-corrected chi connectivity index (χ0v) is 13.0. The van der Waals surface area contributed by atoms with Gasteiger partial charge in [-0.3, -0.25) is 9.69 Å². The molecule has 21 heavy (non-hydrogen) atoms. The first-order valence-corrected chi connectivity index (χ1v) is 8.20. The van der Waals surface area contributed by atoms with Gasteiger partial charge in [-0.25, -0.2) is 4.98 Å². The maximum absolute atomic E-state index is 12.1. The van der Waals surface area contributed by atoms with Crippen LogP contribution in [0.4, 0.5) is 0 Å². The molecule has 2 fully saturated rings. The van der Waals surface area contributed by atoms with Crippen LogP contribution in [0.15, 0.2) is 11.6 Å². The first-order chi connectivity index (χ1) is 10.3. The van der Waals surface area contributed by atoms with Crippen molar-refractivity contribution in [1.29, 1.82) is 0 Å². The van der Waals surface area contributed by atoms with Crippen molar-refractivity contribution in [3.8, 4) is 0 Å². The monoisotopic (exact) mass is 311 g/mol. The Bertz CT molecular complexity index is 468. The number of rotatable bonds is 6. The van der Waals surface area contributed by atoms with Crippen molar-refractivity contribution in [3.63, 3.8) is 0 Å². The number of thiazole rings is 1. The second-order valence-corrected chi connectivity index (χ2v) is 6.41. The van der Waals surface area contributed by atoms with Crippen molar-refractivity contribution in [2.24, 2.45) is 0 Å². The van der Waals surface area contributed by atoms with Gasteiger partial charge in [-0.2, -0.15) is 0 Å². The summed E-state index contributed by atoms with van der Waals surface area (Å²) in [4.78, 5) is 18.8. The van der Waals surface area contributed by atoms with Gasteiger partial charge in [0.15, 0.2) is 0 Å². The highest BCUT2D eigenvalue weighted by molar-refractivity contribution is 7.09. The highest BCUT2D eigenvalue weighted by Crippen LogP contribution is 2.34. The van der Waals surface area contributed by atoms with Gasteiger partial charge in [0.05, 0.1) is 19.3 Å². The fraction of sp³-hybridized carbons (Fsp3) is 0.714. The SMILES string of the molecule is COCCNC(=O)[C@@H]1C[C@@H]2[C@@H](CCN2Cc2nccs2)O1. The summed E-state index contributed by atoms with van der Waals surface area (Å²) in [6, 6.07) is 0.340. The summed E-state index contributed by atoms with van der Waals surface area (Å²) in [5, 5.41) is 5.99. The van der Waals surface area contributed by atoms with Crippen LogP contribution in [0, 0.1) is 0 Å². The lowest BCUT2D eigenvalue weighted by Gasteiger charge is -2.21. The van der Waals surface area contributed by atoms with Crippen molar-refractivity contribution >= 4 is 17.2 Å². The van der Waals surface area contributed by atoms with Crippen LogP contribution < -0.4 is 5.32 Å². The Labute approximate surface area is 128 Å². The van der Waals surface area contributed by atoms with E-state index in [1.54, 1.807) is 18.4 Å². The van der Waals surface area contributed by atoms with E-state index in [0.29, 0.717) is 19.2 Å². The Morgan fingerprint density at radius 1 is 1.67 bits per heavy atom. The number of hydrogen-bond donors (Lipinski definition) is 1. The lowest BCUT2D eigenvalue weighted by molar-refractivity contribution is -0.132. The van der Waals surface area contributed by atoms with Crippen LogP contribution in [0.2, 0.25) is 0 Å². The maximum Gasteiger partial charge on any atom is 0.249 e. The normalized spacial score (nSPS) is 28.7. The molecule has 0 radical (unpaired) electrons. The number of amides is 1. The van der Waals surface area contributed by atoms with Crippen LogP contribution in [0.25, 0.3) is 0 Å². The molecule has 3 rings (SSSR count). The smallest absolute Gasteiger partial charge is 0.249 e. The Hall–Kier alpha value is -1.02. The minimum atomic E-state index is -0.323. The lowest BCUT2D eigenvalue weighted by atomic mass is 10.1. The Morgan fingerprint density at radius 3 is 3.33 bits per heavy atom. The molecular formula is C14H21N3O3S. The zero-order valence-electron chi connectivity index (χ0n) is 12.2. The van der Waals surface area contributed by atoms with Gasteiger partial charge < -0.3 is 14.8 Å². The van der Waals surface area contributed by atoms with Gasteiger partial charge in [0.1, 0.15) is 11.1 Å². The van der Waals surface area contributed by atoms with Crippen molar-refractivity contribution in [1.82, 2.24) is 15.2 Å². The third-order valence-electron chi connectivity index (χ3n) is 4.11. The summed E-state index contributed by atoms with van der Waals surface area (Å²) >= 11 is 1.68. The van der Waals surface area contributed by atoms with Crippen molar-refractivity contribution in [2.45, 2.75) is 37.6 Å². The second-order valence-electron chi connectivity index (χ2n) is 5.44. The molecular weight excluding hydrogens is 290 g/mol. The van der Waals surface area contributed by atoms with E-state index in [1.807, 2.05) is 11.6 Å². The van der Waals surface area contributed by atoms with Gasteiger partial charge in [-0.05, 0) is 6.42 Å². The fourth-order valence-corrected chi connectivity index (χ4v) is 3.73. The molecule has 2 aliphatic heterocycles. The van der Waals surface area contributed by atoms with Gasteiger partial charge in [0, 0.05) is 44.2 Å². The number of carbonyl (C=O) groups excluding carboxylic acids is 1. The molecule has 1 N–H and O–H groups in total. The molecule has 0 aromatic carbocycles. The molecule has 3 atom stereocenters. The average Bonchev–Trinajstić information content (AvgIpc) is 3.18. The number of carbonyl (C=O) groups is 1. The molecule has 0 saturated carbocycles. The summed E-state index contributed by atoms with van der Waals surface area (Å²) in [6.45, 7) is 2.95. The maximum atomic E-state index is 12.1. The molecule has 0 aliphatic carbocycles. The molecule has 7 heteroatoms. The van der Waals surface area contributed by atoms with Crippen LogP contribution >= 0.6 is 11.3 Å². The first-order valence-electron chi connectivity index (χ1n) is 7.32. The van der Waals surface area contributed by atoms with Gasteiger partial charge in [-0.1, -0.05) is 0 Å². The van der Waals surface area contributed by atoms with E-state index in [1.165, 1.54) is 0 Å². The molecule has 1 aromatic rings. The van der Waals surface area contributed by atoms with Crippen LogP contribution in [0.5, 0.6) is 0 Å². The number of nitrogens with zero attached hydrogens (tertiary/aromatic N) is 2. The number of methoxy groups -OCH3 is 1. The number of nitrogens with one attached hydrogen (secondary N) is 1. The summed E-state index contributed by atoms with van der Waals surface area (Å²) in [6.07, 6.45) is 3.47. The molecule has 0 bridgehead atoms. The van der Waals surface area contributed by atoms with E-state index < -0.39 is 0 Å². The molecule has 3 heterocycles. The van der Waals surface area contributed by atoms with Crippen LogP contribution in [-0.2, 0) is 20.8 Å². The molecule has 1 aromatic heterocycles. The number of hydrogen-bond acceptors (Lipinski definition) is 6. The Kier molecular flexibility index (Phi) is 4.84. The lowest BCUT2D eigenvalue weighted by Crippen LogP contribution is -2.37. The Morgan fingerprint density at radius 2 is 2.57 bits per heavy atom. The van der Waals surface area contributed by atoms with Gasteiger partial charge in [-0.15, -0.1) is 11.3 Å². The molecule has 2 saturated heterocycles. The summed E-state index contributed by atoms with van der Waals surface area (Å²) in [5.74, 6) is -0.0179. The molecule has 0 unspecified atom stereocenters. The number of ether oxygens (including phenoxy) is 2. The van der Waals surface area contributed by atoms with E-state index in [9.17, 15) is 4.79 Å². The minimum Gasteiger partial charge on any atom is -0.383 e. The minimum absolute atomic E-state index is 0.0179. The van der Waals surface area contributed by atoms with E-state index in [0.717, 1.165) is 30.9 Å². The van der Waals surface area contributed by atoms with Crippen molar-refractivity contribution < 1.29 is 14.3 Å². The largest absolute Gasteiger partial charge is 0.383 e. The number of likely N-dealkylation sites (tertiary alicyclic amines) is 1. The van der Waals surface area contributed by atoms with Crippen LogP contribution in [-0.4, -0.2) is 60.8 Å². The van der Waals surface area contributed by atoms with E-state index >= 15 is 0 Å². The second kappa shape index (κ2) is 6.83. The number of aromatic nitrogens is 1. The van der Waals surface area contributed by atoms with E-state index in [4.69, 9.17) is 9.47 Å². The first kappa shape index (κ1) is 14.9. The topological polar surface area (TPSA) is 63.7 Å². The molecule has 0 spiro atoms. The van der Waals surface area contributed by atoms with E-state index in [2.05, 4.69) is 15.2 Å². The molecule has 1 amide bonds.